The first-order chi connectivity index (χ1) is 14.7. The molecule has 2 amide bonds. The Balaban J connectivity index is 2.18. The van der Waals surface area contributed by atoms with E-state index < -0.39 is 23.3 Å². The standard InChI is InChI=1S/C23H32N2O5S/c1-15(2)20(23(29)30-4)25-13-9-8-12-18(22(25)28)24-21(27)19(31-16(3)26)14-17-10-6-5-7-11-17/h5-7,10-11,15,18-20H,8-9,12-14H2,1-4H3,(H,24,27)/t18-,19-,20+/m0/s1. The first kappa shape index (κ1) is 24.9. The number of ether oxygens (including phenoxy) is 1. The van der Waals surface area contributed by atoms with Crippen LogP contribution in [0.15, 0.2) is 30.3 Å². The average Bonchev–Trinajstić information content (AvgIpc) is 2.90. The summed E-state index contributed by atoms with van der Waals surface area (Å²) in [4.78, 5) is 52.0. The monoisotopic (exact) mass is 448 g/mol. The molecule has 1 N–H and O–H groups in total. The first-order valence-corrected chi connectivity index (χ1v) is 11.5. The molecule has 7 nitrogen and oxygen atoms in total. The van der Waals surface area contributed by atoms with Gasteiger partial charge in [0.05, 0.1) is 12.4 Å². The molecule has 0 radical (unpaired) electrons. The fourth-order valence-corrected chi connectivity index (χ4v) is 4.69. The van der Waals surface area contributed by atoms with Crippen molar-refractivity contribution in [3.63, 3.8) is 0 Å². The molecule has 1 aliphatic heterocycles. The highest BCUT2D eigenvalue weighted by molar-refractivity contribution is 8.14. The van der Waals surface area contributed by atoms with Gasteiger partial charge in [0.25, 0.3) is 0 Å². The lowest BCUT2D eigenvalue weighted by molar-refractivity contribution is -0.155. The topological polar surface area (TPSA) is 92.8 Å². The van der Waals surface area contributed by atoms with Crippen LogP contribution in [0.5, 0.6) is 0 Å². The van der Waals surface area contributed by atoms with Crippen LogP contribution in [0.25, 0.3) is 0 Å². The maximum absolute atomic E-state index is 13.3. The summed E-state index contributed by atoms with van der Waals surface area (Å²) in [6.45, 7) is 5.61. The van der Waals surface area contributed by atoms with Gasteiger partial charge < -0.3 is 15.0 Å². The lowest BCUT2D eigenvalue weighted by Gasteiger charge is -2.33. The van der Waals surface area contributed by atoms with Gasteiger partial charge in [0.2, 0.25) is 11.8 Å². The molecular weight excluding hydrogens is 416 g/mol. The molecule has 0 aliphatic carbocycles. The van der Waals surface area contributed by atoms with E-state index in [0.29, 0.717) is 19.4 Å². The minimum atomic E-state index is -0.730. The van der Waals surface area contributed by atoms with Gasteiger partial charge in [-0.3, -0.25) is 14.4 Å². The van der Waals surface area contributed by atoms with Crippen LogP contribution in [-0.4, -0.2) is 58.8 Å². The summed E-state index contributed by atoms with van der Waals surface area (Å²) in [6.07, 6.45) is 2.38. The second-order valence-corrected chi connectivity index (χ2v) is 9.47. The number of benzene rings is 1. The number of nitrogens with one attached hydrogen (secondary N) is 1. The highest BCUT2D eigenvalue weighted by Crippen LogP contribution is 2.22. The molecule has 1 heterocycles. The Kier molecular flexibility index (Phi) is 9.55. The molecule has 0 saturated carbocycles. The van der Waals surface area contributed by atoms with Crippen LogP contribution >= 0.6 is 11.8 Å². The summed E-state index contributed by atoms with van der Waals surface area (Å²) >= 11 is 0.968. The normalized spacial score (nSPS) is 18.8. The molecule has 170 valence electrons. The first-order valence-electron chi connectivity index (χ1n) is 10.6. The second kappa shape index (κ2) is 11.9. The van der Waals surface area contributed by atoms with Crippen LogP contribution in [-0.2, 0) is 30.3 Å². The van der Waals surface area contributed by atoms with Gasteiger partial charge in [-0.25, -0.2) is 4.79 Å². The fourth-order valence-electron chi connectivity index (χ4n) is 3.84. The SMILES string of the molecule is COC(=O)[C@@H](C(C)C)N1CCCC[C@H](NC(=O)[C@H](Cc2ccccc2)SC(C)=O)C1=O. The summed E-state index contributed by atoms with van der Waals surface area (Å²) in [5, 5.41) is 2.07. The molecule has 1 saturated heterocycles. The number of carbonyl (C=O) groups is 4. The number of rotatable bonds is 8. The van der Waals surface area contributed by atoms with Crippen LogP contribution < -0.4 is 5.32 Å². The third-order valence-electron chi connectivity index (χ3n) is 5.31. The Hall–Kier alpha value is -2.35. The Labute approximate surface area is 188 Å². The molecule has 1 aliphatic rings. The predicted molar refractivity (Wildman–Crippen MR) is 120 cm³/mol. The molecule has 0 spiro atoms. The highest BCUT2D eigenvalue weighted by atomic mass is 32.2. The molecule has 3 atom stereocenters. The molecule has 0 unspecified atom stereocenters. The van der Waals surface area contributed by atoms with Gasteiger partial charge >= 0.3 is 5.97 Å². The molecule has 1 fully saturated rings. The summed E-state index contributed by atoms with van der Waals surface area (Å²) in [5.41, 5.74) is 0.941. The number of amides is 2. The molecule has 1 aromatic carbocycles. The van der Waals surface area contributed by atoms with Crippen LogP contribution in [0, 0.1) is 5.92 Å². The third-order valence-corrected chi connectivity index (χ3v) is 6.31. The molecule has 31 heavy (non-hydrogen) atoms. The Bertz CT molecular complexity index is 783. The van der Waals surface area contributed by atoms with Crippen molar-refractivity contribution in [2.75, 3.05) is 13.7 Å². The van der Waals surface area contributed by atoms with E-state index in [4.69, 9.17) is 4.74 Å². The van der Waals surface area contributed by atoms with E-state index in [1.165, 1.54) is 14.0 Å². The number of nitrogens with zero attached hydrogens (tertiary/aromatic N) is 1. The Morgan fingerprint density at radius 1 is 1.19 bits per heavy atom. The quantitative estimate of drug-likeness (QED) is 0.615. The zero-order chi connectivity index (χ0) is 23.0. The van der Waals surface area contributed by atoms with Crippen LogP contribution in [0.1, 0.15) is 45.6 Å². The maximum Gasteiger partial charge on any atom is 0.328 e. The lowest BCUT2D eigenvalue weighted by Crippen LogP contribution is -2.55. The molecule has 1 aromatic rings. The van der Waals surface area contributed by atoms with Gasteiger partial charge in [-0.2, -0.15) is 0 Å². The van der Waals surface area contributed by atoms with Crippen molar-refractivity contribution in [1.29, 1.82) is 0 Å². The maximum atomic E-state index is 13.3. The van der Waals surface area contributed by atoms with E-state index in [9.17, 15) is 19.2 Å². The largest absolute Gasteiger partial charge is 0.467 e. The van der Waals surface area contributed by atoms with Gasteiger partial charge in [-0.15, -0.1) is 0 Å². The number of methoxy groups -OCH3 is 1. The van der Waals surface area contributed by atoms with Crippen molar-refractivity contribution in [3.05, 3.63) is 35.9 Å². The van der Waals surface area contributed by atoms with Crippen molar-refractivity contribution in [2.24, 2.45) is 5.92 Å². The van der Waals surface area contributed by atoms with Gasteiger partial charge in [0.1, 0.15) is 12.1 Å². The number of hydrogen-bond acceptors (Lipinski definition) is 6. The van der Waals surface area contributed by atoms with Crippen LogP contribution in [0.2, 0.25) is 0 Å². The molecule has 2 rings (SSSR count). The summed E-state index contributed by atoms with van der Waals surface area (Å²) < 4.78 is 4.92. The van der Waals surface area contributed by atoms with Crippen LogP contribution in [0.3, 0.4) is 0 Å². The van der Waals surface area contributed by atoms with Crippen molar-refractivity contribution in [3.8, 4) is 0 Å². The summed E-state index contributed by atoms with van der Waals surface area (Å²) in [7, 11) is 1.31. The minimum Gasteiger partial charge on any atom is -0.467 e. The Morgan fingerprint density at radius 2 is 1.87 bits per heavy atom. The fraction of sp³-hybridized carbons (Fsp3) is 0.565. The van der Waals surface area contributed by atoms with Crippen molar-refractivity contribution < 1.29 is 23.9 Å². The minimum absolute atomic E-state index is 0.120. The van der Waals surface area contributed by atoms with Crippen molar-refractivity contribution in [2.45, 2.75) is 63.8 Å². The predicted octanol–water partition coefficient (Wildman–Crippen LogP) is 2.57. The summed E-state index contributed by atoms with van der Waals surface area (Å²) in [6, 6.07) is 8.05. The molecular formula is C23H32N2O5S. The lowest BCUT2D eigenvalue weighted by atomic mass is 10.0. The average molecular weight is 449 g/mol. The van der Waals surface area contributed by atoms with E-state index in [0.717, 1.165) is 30.2 Å². The van der Waals surface area contributed by atoms with Crippen molar-refractivity contribution >= 4 is 34.7 Å². The van der Waals surface area contributed by atoms with Gasteiger partial charge in [0.15, 0.2) is 5.12 Å². The Morgan fingerprint density at radius 3 is 2.45 bits per heavy atom. The number of hydrogen-bond donors (Lipinski definition) is 1. The second-order valence-electron chi connectivity index (χ2n) is 8.09. The zero-order valence-electron chi connectivity index (χ0n) is 18.6. The van der Waals surface area contributed by atoms with Crippen molar-refractivity contribution in [1.82, 2.24) is 10.2 Å². The third kappa shape index (κ3) is 7.09. The number of thioether (sulfide) groups is 1. The van der Waals surface area contributed by atoms with E-state index in [-0.39, 0.29) is 22.8 Å². The molecule has 8 heteroatoms. The number of esters is 1. The van der Waals surface area contributed by atoms with E-state index in [2.05, 4.69) is 5.32 Å². The van der Waals surface area contributed by atoms with Crippen LogP contribution in [0.4, 0.5) is 0 Å². The summed E-state index contributed by atoms with van der Waals surface area (Å²) in [5.74, 6) is -1.20. The molecule has 0 aromatic heterocycles. The number of likely N-dealkylation sites (tertiary alicyclic amines) is 1. The smallest absolute Gasteiger partial charge is 0.328 e. The van der Waals surface area contributed by atoms with Gasteiger partial charge in [-0.05, 0) is 37.2 Å². The van der Waals surface area contributed by atoms with E-state index in [1.54, 1.807) is 4.90 Å². The highest BCUT2D eigenvalue weighted by Gasteiger charge is 2.38. The van der Waals surface area contributed by atoms with Gasteiger partial charge in [-0.1, -0.05) is 55.9 Å². The van der Waals surface area contributed by atoms with E-state index >= 15 is 0 Å². The molecule has 0 bridgehead atoms. The van der Waals surface area contributed by atoms with E-state index in [1.807, 2.05) is 44.2 Å². The number of carbonyl (C=O) groups excluding carboxylic acids is 4. The zero-order valence-corrected chi connectivity index (χ0v) is 19.4. The van der Waals surface area contributed by atoms with Gasteiger partial charge in [0, 0.05) is 13.5 Å².